The number of carbonyl (C=O) groups excluding carboxylic acids is 1. The molecule has 2 N–H and O–H groups in total. The number of carbonyl (C=O) groups is 1. The van der Waals surface area contributed by atoms with E-state index in [0.29, 0.717) is 49.0 Å². The minimum absolute atomic E-state index is 0.0860. The standard InChI is InChI=1S/C19H21N7O2/c1-11-16(12(2)28-25-11)17-14(15-10-21-5-6-22-15)9-23-19(24-17)26-7-3-13(4-8-26)18(20)27/h5-6,9-10,13H,3-4,7-8H2,1-2H3,(H2,20,27). The number of aryl methyl sites for hydroxylation is 2. The van der Waals surface area contributed by atoms with Gasteiger partial charge in [0.2, 0.25) is 11.9 Å². The normalized spacial score (nSPS) is 15.0. The quantitative estimate of drug-likeness (QED) is 0.729. The third kappa shape index (κ3) is 3.30. The van der Waals surface area contributed by atoms with Crippen LogP contribution in [0.2, 0.25) is 0 Å². The fourth-order valence-corrected chi connectivity index (χ4v) is 3.53. The van der Waals surface area contributed by atoms with E-state index in [0.717, 1.165) is 16.8 Å². The summed E-state index contributed by atoms with van der Waals surface area (Å²) in [7, 11) is 0. The van der Waals surface area contributed by atoms with Crippen LogP contribution in [-0.2, 0) is 4.79 Å². The molecular formula is C19H21N7O2. The second kappa shape index (κ2) is 7.34. The Morgan fingerprint density at radius 1 is 1.18 bits per heavy atom. The molecule has 0 radical (unpaired) electrons. The maximum absolute atomic E-state index is 11.4. The van der Waals surface area contributed by atoms with Crippen LogP contribution in [0.25, 0.3) is 22.5 Å². The summed E-state index contributed by atoms with van der Waals surface area (Å²) in [5.41, 5.74) is 9.16. The fourth-order valence-electron chi connectivity index (χ4n) is 3.53. The molecule has 1 aliphatic rings. The Hall–Kier alpha value is -3.36. The van der Waals surface area contributed by atoms with Crippen LogP contribution in [0, 0.1) is 19.8 Å². The number of nitrogens with two attached hydrogens (primary N) is 1. The third-order valence-electron chi connectivity index (χ3n) is 5.07. The topological polar surface area (TPSA) is 124 Å². The van der Waals surface area contributed by atoms with Crippen LogP contribution in [0.15, 0.2) is 29.3 Å². The van der Waals surface area contributed by atoms with Crippen LogP contribution in [0.4, 0.5) is 5.95 Å². The van der Waals surface area contributed by atoms with Gasteiger partial charge in [-0.15, -0.1) is 0 Å². The number of piperidine rings is 1. The van der Waals surface area contributed by atoms with Gasteiger partial charge in [0, 0.05) is 43.2 Å². The van der Waals surface area contributed by atoms with Crippen molar-refractivity contribution < 1.29 is 9.32 Å². The van der Waals surface area contributed by atoms with Crippen molar-refractivity contribution in [3.8, 4) is 22.5 Å². The largest absolute Gasteiger partial charge is 0.369 e. The lowest BCUT2D eigenvalue weighted by Crippen LogP contribution is -2.39. The predicted octanol–water partition coefficient (Wildman–Crippen LogP) is 1.91. The molecule has 0 aromatic carbocycles. The number of rotatable bonds is 4. The molecule has 0 atom stereocenters. The van der Waals surface area contributed by atoms with Gasteiger partial charge in [0.15, 0.2) is 0 Å². The van der Waals surface area contributed by atoms with Crippen molar-refractivity contribution in [3.05, 3.63) is 36.2 Å². The zero-order valence-corrected chi connectivity index (χ0v) is 15.8. The van der Waals surface area contributed by atoms with E-state index in [-0.39, 0.29) is 11.8 Å². The smallest absolute Gasteiger partial charge is 0.225 e. The predicted molar refractivity (Wildman–Crippen MR) is 102 cm³/mol. The molecule has 1 fully saturated rings. The lowest BCUT2D eigenvalue weighted by molar-refractivity contribution is -0.122. The van der Waals surface area contributed by atoms with Crippen molar-refractivity contribution in [2.45, 2.75) is 26.7 Å². The highest BCUT2D eigenvalue weighted by Gasteiger charge is 2.26. The monoisotopic (exact) mass is 379 g/mol. The van der Waals surface area contributed by atoms with Gasteiger partial charge >= 0.3 is 0 Å². The minimum atomic E-state index is -0.241. The summed E-state index contributed by atoms with van der Waals surface area (Å²) >= 11 is 0. The molecule has 144 valence electrons. The fraction of sp³-hybridized carbons (Fsp3) is 0.368. The molecule has 9 heteroatoms. The van der Waals surface area contributed by atoms with E-state index in [1.807, 2.05) is 13.8 Å². The van der Waals surface area contributed by atoms with Crippen LogP contribution in [0.3, 0.4) is 0 Å². The summed E-state index contributed by atoms with van der Waals surface area (Å²) in [5, 5.41) is 4.06. The first-order valence-corrected chi connectivity index (χ1v) is 9.15. The van der Waals surface area contributed by atoms with Crippen LogP contribution in [0.5, 0.6) is 0 Å². The van der Waals surface area contributed by atoms with Crippen LogP contribution < -0.4 is 10.6 Å². The maximum atomic E-state index is 11.4. The van der Waals surface area contributed by atoms with Gasteiger partial charge in [0.1, 0.15) is 5.76 Å². The van der Waals surface area contributed by atoms with Crippen molar-refractivity contribution in [1.29, 1.82) is 0 Å². The molecule has 1 amide bonds. The molecule has 0 spiro atoms. The van der Waals surface area contributed by atoms with E-state index in [2.05, 4.69) is 25.0 Å². The first-order chi connectivity index (χ1) is 13.5. The van der Waals surface area contributed by atoms with E-state index in [1.165, 1.54) is 0 Å². The molecule has 0 aliphatic carbocycles. The average molecular weight is 379 g/mol. The number of hydrogen-bond donors (Lipinski definition) is 1. The molecule has 0 bridgehead atoms. The first kappa shape index (κ1) is 18.0. The molecule has 3 aromatic rings. The summed E-state index contributed by atoms with van der Waals surface area (Å²) in [6.45, 7) is 5.10. The number of nitrogens with zero attached hydrogens (tertiary/aromatic N) is 6. The third-order valence-corrected chi connectivity index (χ3v) is 5.07. The van der Waals surface area contributed by atoms with Crippen LogP contribution >= 0.6 is 0 Å². The minimum Gasteiger partial charge on any atom is -0.369 e. The van der Waals surface area contributed by atoms with Crippen LogP contribution in [-0.4, -0.2) is 44.1 Å². The Balaban J connectivity index is 1.76. The summed E-state index contributed by atoms with van der Waals surface area (Å²) < 4.78 is 5.35. The lowest BCUT2D eigenvalue weighted by Gasteiger charge is -2.30. The molecule has 3 aromatic heterocycles. The summed E-state index contributed by atoms with van der Waals surface area (Å²) in [6.07, 6.45) is 8.09. The summed E-state index contributed by atoms with van der Waals surface area (Å²) in [5.74, 6) is 0.956. The Labute approximate surface area is 162 Å². The second-order valence-corrected chi connectivity index (χ2v) is 6.89. The SMILES string of the molecule is Cc1noc(C)c1-c1nc(N2CCC(C(N)=O)CC2)ncc1-c1cnccn1. The van der Waals surface area contributed by atoms with E-state index in [1.54, 1.807) is 24.8 Å². The molecule has 1 saturated heterocycles. The molecular weight excluding hydrogens is 358 g/mol. The molecule has 1 aliphatic heterocycles. The second-order valence-electron chi connectivity index (χ2n) is 6.89. The summed E-state index contributed by atoms with van der Waals surface area (Å²) in [6, 6.07) is 0. The van der Waals surface area contributed by atoms with Gasteiger partial charge in [-0.2, -0.15) is 0 Å². The number of primary amides is 1. The van der Waals surface area contributed by atoms with Crippen molar-refractivity contribution in [2.75, 3.05) is 18.0 Å². The first-order valence-electron chi connectivity index (χ1n) is 9.15. The molecule has 0 saturated carbocycles. The van der Waals surface area contributed by atoms with Crippen molar-refractivity contribution in [1.82, 2.24) is 25.1 Å². The van der Waals surface area contributed by atoms with Crippen molar-refractivity contribution in [2.24, 2.45) is 11.7 Å². The maximum Gasteiger partial charge on any atom is 0.225 e. The van der Waals surface area contributed by atoms with E-state index in [9.17, 15) is 4.79 Å². The van der Waals surface area contributed by atoms with Gasteiger partial charge in [-0.05, 0) is 26.7 Å². The Bertz CT molecular complexity index is 975. The lowest BCUT2D eigenvalue weighted by atomic mass is 9.96. The zero-order valence-electron chi connectivity index (χ0n) is 15.8. The van der Waals surface area contributed by atoms with Gasteiger partial charge < -0.3 is 15.2 Å². The van der Waals surface area contributed by atoms with E-state index in [4.69, 9.17) is 15.2 Å². The molecule has 28 heavy (non-hydrogen) atoms. The Morgan fingerprint density at radius 3 is 2.57 bits per heavy atom. The molecule has 4 rings (SSSR count). The number of aromatic nitrogens is 5. The molecule has 9 nitrogen and oxygen atoms in total. The van der Waals surface area contributed by atoms with Crippen LogP contribution in [0.1, 0.15) is 24.3 Å². The molecule has 0 unspecified atom stereocenters. The highest BCUT2D eigenvalue weighted by Crippen LogP contribution is 2.34. The van der Waals surface area contributed by atoms with Gasteiger partial charge in [-0.3, -0.25) is 14.8 Å². The van der Waals surface area contributed by atoms with Gasteiger partial charge in [-0.25, -0.2) is 9.97 Å². The summed E-state index contributed by atoms with van der Waals surface area (Å²) in [4.78, 5) is 31.4. The zero-order chi connectivity index (χ0) is 19.7. The van der Waals surface area contributed by atoms with Gasteiger partial charge in [0.05, 0.1) is 28.8 Å². The van der Waals surface area contributed by atoms with Gasteiger partial charge in [0.25, 0.3) is 0 Å². The number of anilines is 1. The Morgan fingerprint density at radius 2 is 1.96 bits per heavy atom. The van der Waals surface area contributed by atoms with Crippen molar-refractivity contribution in [3.63, 3.8) is 0 Å². The average Bonchev–Trinajstić information content (AvgIpc) is 3.06. The molecule has 4 heterocycles. The van der Waals surface area contributed by atoms with Gasteiger partial charge in [-0.1, -0.05) is 5.16 Å². The van der Waals surface area contributed by atoms with E-state index >= 15 is 0 Å². The van der Waals surface area contributed by atoms with Crippen molar-refractivity contribution >= 4 is 11.9 Å². The number of hydrogen-bond acceptors (Lipinski definition) is 8. The Kier molecular flexibility index (Phi) is 4.72. The highest BCUT2D eigenvalue weighted by molar-refractivity contribution is 5.81. The highest BCUT2D eigenvalue weighted by atomic mass is 16.5. The van der Waals surface area contributed by atoms with E-state index < -0.39 is 0 Å². The number of amides is 1.